The average molecular weight is 566 g/mol. The molecule has 0 bridgehead atoms. The first-order valence-electron chi connectivity index (χ1n) is 12.3. The topological polar surface area (TPSA) is 82.2 Å². The Labute approximate surface area is 230 Å². The van der Waals surface area contributed by atoms with E-state index in [1.807, 2.05) is 29.3 Å². The average Bonchev–Trinajstić information content (AvgIpc) is 3.30. The standard InChI is InChI=1S/C26H30Cl2N4O4S/c1-3-32-20(16-30-10-6-11-31(13-12-30)24(33)21-7-5-14-37-21)22(25(34)36-4-2)23(29-26(32)35)18-9-8-17(27)15-19(18)28/h5,7-9,14-15,23H,3-4,6,10-13,16H2,1-2H3,(H,29,35). The zero-order valence-corrected chi connectivity index (χ0v) is 23.2. The third-order valence-corrected chi connectivity index (χ3v) is 7.92. The number of carbonyl (C=O) groups excluding carboxylic acids is 3. The molecule has 2 aliphatic rings. The van der Waals surface area contributed by atoms with E-state index in [0.717, 1.165) is 17.8 Å². The van der Waals surface area contributed by atoms with Gasteiger partial charge < -0.3 is 15.0 Å². The quantitative estimate of drug-likeness (QED) is 0.488. The molecule has 1 unspecified atom stereocenters. The maximum Gasteiger partial charge on any atom is 0.338 e. The van der Waals surface area contributed by atoms with Crippen LogP contribution < -0.4 is 5.32 Å². The molecule has 0 radical (unpaired) electrons. The van der Waals surface area contributed by atoms with E-state index >= 15 is 0 Å². The monoisotopic (exact) mass is 564 g/mol. The van der Waals surface area contributed by atoms with Crippen molar-refractivity contribution in [1.29, 1.82) is 0 Å². The number of hydrogen-bond donors (Lipinski definition) is 1. The lowest BCUT2D eigenvalue weighted by atomic mass is 9.94. The molecule has 1 fully saturated rings. The van der Waals surface area contributed by atoms with Gasteiger partial charge in [0.1, 0.15) is 0 Å². The number of likely N-dealkylation sites (N-methyl/N-ethyl adjacent to an activating group) is 1. The Balaban J connectivity index is 1.66. The van der Waals surface area contributed by atoms with E-state index < -0.39 is 12.0 Å². The van der Waals surface area contributed by atoms with Crippen LogP contribution >= 0.6 is 34.5 Å². The Kier molecular flexibility index (Phi) is 9.13. The number of nitrogens with zero attached hydrogens (tertiary/aromatic N) is 3. The second-order valence-electron chi connectivity index (χ2n) is 8.77. The summed E-state index contributed by atoms with van der Waals surface area (Å²) in [5.41, 5.74) is 1.50. The number of carbonyl (C=O) groups is 3. The second-order valence-corrected chi connectivity index (χ2v) is 10.6. The molecule has 3 amide bonds. The fourth-order valence-corrected chi connectivity index (χ4v) is 5.93. The molecule has 1 aromatic heterocycles. The Hall–Kier alpha value is -2.59. The van der Waals surface area contributed by atoms with Crippen molar-refractivity contribution in [2.24, 2.45) is 0 Å². The summed E-state index contributed by atoms with van der Waals surface area (Å²) in [6, 6.07) is 7.61. The van der Waals surface area contributed by atoms with Gasteiger partial charge in [-0.05, 0) is 49.4 Å². The van der Waals surface area contributed by atoms with Crippen LogP contribution in [0.15, 0.2) is 47.0 Å². The van der Waals surface area contributed by atoms with Crippen molar-refractivity contribution in [3.63, 3.8) is 0 Å². The lowest BCUT2D eigenvalue weighted by Crippen LogP contribution is -2.51. The summed E-state index contributed by atoms with van der Waals surface area (Å²) >= 11 is 14.0. The molecule has 1 atom stereocenters. The van der Waals surface area contributed by atoms with Crippen molar-refractivity contribution in [1.82, 2.24) is 20.0 Å². The van der Waals surface area contributed by atoms with Gasteiger partial charge in [-0.1, -0.05) is 35.3 Å². The SMILES string of the molecule is CCOC(=O)C1=C(CN2CCCN(C(=O)c3cccs3)CC2)N(CC)C(=O)NC1c1ccc(Cl)cc1Cl. The zero-order valence-electron chi connectivity index (χ0n) is 20.8. The Morgan fingerprint density at radius 2 is 1.95 bits per heavy atom. The summed E-state index contributed by atoms with van der Waals surface area (Å²) in [5.74, 6) is -0.468. The van der Waals surface area contributed by atoms with Gasteiger partial charge in [-0.25, -0.2) is 9.59 Å². The molecule has 2 aliphatic heterocycles. The molecule has 1 aromatic carbocycles. The normalized spacial score (nSPS) is 19.0. The molecule has 11 heteroatoms. The first-order valence-corrected chi connectivity index (χ1v) is 14.0. The number of esters is 1. The minimum atomic E-state index is -0.780. The van der Waals surface area contributed by atoms with Crippen molar-refractivity contribution in [2.75, 3.05) is 45.9 Å². The van der Waals surface area contributed by atoms with Gasteiger partial charge in [0.15, 0.2) is 0 Å². The molecule has 2 aromatic rings. The largest absolute Gasteiger partial charge is 0.463 e. The number of nitrogens with one attached hydrogen (secondary N) is 1. The zero-order chi connectivity index (χ0) is 26.5. The molecule has 37 heavy (non-hydrogen) atoms. The van der Waals surface area contributed by atoms with Crippen LogP contribution in [0.25, 0.3) is 0 Å². The van der Waals surface area contributed by atoms with Gasteiger partial charge in [-0.3, -0.25) is 14.6 Å². The highest BCUT2D eigenvalue weighted by molar-refractivity contribution is 7.12. The summed E-state index contributed by atoms with van der Waals surface area (Å²) in [6.07, 6.45) is 0.782. The molecule has 0 spiro atoms. The molecule has 1 saturated heterocycles. The van der Waals surface area contributed by atoms with E-state index in [0.29, 0.717) is 59.6 Å². The van der Waals surface area contributed by atoms with Crippen LogP contribution in [0.5, 0.6) is 0 Å². The van der Waals surface area contributed by atoms with Gasteiger partial charge in [0, 0.05) is 55.0 Å². The van der Waals surface area contributed by atoms with Crippen molar-refractivity contribution in [3.05, 3.63) is 67.5 Å². The van der Waals surface area contributed by atoms with Gasteiger partial charge in [0.25, 0.3) is 5.91 Å². The summed E-state index contributed by atoms with van der Waals surface area (Å²) in [6.45, 7) is 7.08. The van der Waals surface area contributed by atoms with Crippen molar-refractivity contribution >= 4 is 52.4 Å². The minimum absolute atomic E-state index is 0.0351. The Bertz CT molecular complexity index is 1190. The first kappa shape index (κ1) is 27.4. The molecule has 8 nitrogen and oxygen atoms in total. The van der Waals surface area contributed by atoms with E-state index in [4.69, 9.17) is 27.9 Å². The predicted octanol–water partition coefficient (Wildman–Crippen LogP) is 4.81. The number of benzene rings is 1. The number of thiophene rings is 1. The van der Waals surface area contributed by atoms with Gasteiger partial charge in [-0.15, -0.1) is 11.3 Å². The number of hydrogen-bond acceptors (Lipinski definition) is 6. The van der Waals surface area contributed by atoms with Gasteiger partial charge in [0.2, 0.25) is 0 Å². The maximum atomic E-state index is 13.3. The Morgan fingerprint density at radius 3 is 2.62 bits per heavy atom. The Morgan fingerprint density at radius 1 is 1.14 bits per heavy atom. The molecule has 198 valence electrons. The van der Waals surface area contributed by atoms with Crippen LogP contribution in [0, 0.1) is 0 Å². The van der Waals surface area contributed by atoms with Crippen LogP contribution in [0.1, 0.15) is 41.5 Å². The molecular formula is C26H30Cl2N4O4S. The molecule has 0 saturated carbocycles. The predicted molar refractivity (Wildman–Crippen MR) is 145 cm³/mol. The van der Waals surface area contributed by atoms with E-state index in [1.54, 1.807) is 30.0 Å². The van der Waals surface area contributed by atoms with Crippen LogP contribution in [0.2, 0.25) is 10.0 Å². The fourth-order valence-electron chi connectivity index (χ4n) is 4.73. The number of rotatable bonds is 7. The number of ether oxygens (including phenoxy) is 1. The lowest BCUT2D eigenvalue weighted by Gasteiger charge is -2.38. The van der Waals surface area contributed by atoms with Crippen molar-refractivity contribution in [3.8, 4) is 0 Å². The number of amides is 3. The summed E-state index contributed by atoms with van der Waals surface area (Å²) < 4.78 is 5.44. The molecule has 3 heterocycles. The molecule has 1 N–H and O–H groups in total. The van der Waals surface area contributed by atoms with Crippen molar-refractivity contribution < 1.29 is 19.1 Å². The minimum Gasteiger partial charge on any atom is -0.463 e. The van der Waals surface area contributed by atoms with Crippen LogP contribution in [-0.2, 0) is 9.53 Å². The first-order chi connectivity index (χ1) is 17.8. The molecular weight excluding hydrogens is 535 g/mol. The molecule has 0 aliphatic carbocycles. The van der Waals surface area contributed by atoms with Crippen LogP contribution in [-0.4, -0.2) is 78.5 Å². The van der Waals surface area contributed by atoms with Crippen LogP contribution in [0.3, 0.4) is 0 Å². The summed E-state index contributed by atoms with van der Waals surface area (Å²) in [7, 11) is 0. The van der Waals surface area contributed by atoms with E-state index in [1.165, 1.54) is 11.3 Å². The van der Waals surface area contributed by atoms with Gasteiger partial charge in [-0.2, -0.15) is 0 Å². The number of halogens is 2. The third kappa shape index (κ3) is 6.12. The smallest absolute Gasteiger partial charge is 0.338 e. The maximum absolute atomic E-state index is 13.3. The van der Waals surface area contributed by atoms with Gasteiger partial charge in [0.05, 0.1) is 23.1 Å². The van der Waals surface area contributed by atoms with E-state index in [-0.39, 0.29) is 18.5 Å². The summed E-state index contributed by atoms with van der Waals surface area (Å²) in [4.78, 5) is 45.8. The van der Waals surface area contributed by atoms with Gasteiger partial charge >= 0.3 is 12.0 Å². The highest BCUT2D eigenvalue weighted by atomic mass is 35.5. The van der Waals surface area contributed by atoms with E-state index in [2.05, 4.69) is 10.2 Å². The van der Waals surface area contributed by atoms with Crippen LogP contribution in [0.4, 0.5) is 4.79 Å². The summed E-state index contributed by atoms with van der Waals surface area (Å²) in [5, 5.41) is 5.64. The second kappa shape index (κ2) is 12.3. The van der Waals surface area contributed by atoms with E-state index in [9.17, 15) is 14.4 Å². The highest BCUT2D eigenvalue weighted by Gasteiger charge is 2.39. The third-order valence-electron chi connectivity index (χ3n) is 6.50. The number of urea groups is 1. The highest BCUT2D eigenvalue weighted by Crippen LogP contribution is 2.36. The van der Waals surface area contributed by atoms with Crippen molar-refractivity contribution in [2.45, 2.75) is 26.3 Å². The fraction of sp³-hybridized carbons (Fsp3) is 0.423. The molecule has 4 rings (SSSR count). The lowest BCUT2D eigenvalue weighted by molar-refractivity contribution is -0.139.